The van der Waals surface area contributed by atoms with E-state index >= 15 is 0 Å². The molecular formula is C15H22N5+. The maximum Gasteiger partial charge on any atom is 0.124 e. The quantitative estimate of drug-likeness (QED) is 0.453. The summed E-state index contributed by atoms with van der Waals surface area (Å²) >= 11 is 0. The van der Waals surface area contributed by atoms with E-state index in [9.17, 15) is 0 Å². The van der Waals surface area contributed by atoms with Crippen LogP contribution in [0.2, 0.25) is 0 Å². The van der Waals surface area contributed by atoms with Crippen molar-refractivity contribution < 1.29 is 5.32 Å². The Labute approximate surface area is 120 Å². The topological polar surface area (TPSA) is 61.2 Å². The van der Waals surface area contributed by atoms with Gasteiger partial charge in [0, 0.05) is 31.2 Å². The van der Waals surface area contributed by atoms with Gasteiger partial charge in [-0.2, -0.15) is 0 Å². The van der Waals surface area contributed by atoms with E-state index in [1.54, 1.807) is 0 Å². The Kier molecular flexibility index (Phi) is 4.42. The predicted octanol–water partition coefficient (Wildman–Crippen LogP) is 0.596. The van der Waals surface area contributed by atoms with E-state index in [4.69, 9.17) is 5.73 Å². The second kappa shape index (κ2) is 6.25. The molecule has 5 heteroatoms. The van der Waals surface area contributed by atoms with E-state index in [2.05, 4.69) is 16.5 Å². The summed E-state index contributed by atoms with van der Waals surface area (Å²) in [6, 6.07) is 8.25. The Morgan fingerprint density at radius 3 is 2.85 bits per heavy atom. The molecular weight excluding hydrogens is 250 g/mol. The van der Waals surface area contributed by atoms with Crippen LogP contribution < -0.4 is 16.0 Å². The van der Waals surface area contributed by atoms with Gasteiger partial charge in [-0.25, -0.2) is 4.99 Å². The lowest BCUT2D eigenvalue weighted by Crippen LogP contribution is -2.72. The molecule has 4 N–H and O–H groups in total. The molecule has 0 aliphatic carbocycles. The van der Waals surface area contributed by atoms with E-state index in [1.807, 2.05) is 67.2 Å². The highest BCUT2D eigenvalue weighted by Crippen LogP contribution is 2.27. The van der Waals surface area contributed by atoms with Crippen molar-refractivity contribution in [1.82, 2.24) is 4.90 Å². The van der Waals surface area contributed by atoms with Gasteiger partial charge < -0.3 is 20.9 Å². The maximum atomic E-state index is 5.68. The minimum absolute atomic E-state index is 0.352. The van der Waals surface area contributed by atoms with Gasteiger partial charge in [0.05, 0.1) is 19.3 Å². The molecule has 20 heavy (non-hydrogen) atoms. The van der Waals surface area contributed by atoms with Crippen LogP contribution >= 0.6 is 0 Å². The van der Waals surface area contributed by atoms with E-state index in [0.717, 1.165) is 18.1 Å². The molecule has 0 spiro atoms. The van der Waals surface area contributed by atoms with Gasteiger partial charge >= 0.3 is 0 Å². The van der Waals surface area contributed by atoms with Crippen molar-refractivity contribution in [2.45, 2.75) is 6.04 Å². The number of hydrogen-bond acceptors (Lipinski definition) is 4. The number of benzene rings is 1. The minimum Gasteiger partial charge on any atom is -0.399 e. The normalized spacial score (nSPS) is 17.9. The van der Waals surface area contributed by atoms with Gasteiger partial charge in [0.1, 0.15) is 12.0 Å². The third-order valence-electron chi connectivity index (χ3n) is 3.18. The molecule has 1 heterocycles. The van der Waals surface area contributed by atoms with E-state index < -0.39 is 0 Å². The number of nitrogens with zero attached hydrogens (tertiary/aromatic N) is 3. The van der Waals surface area contributed by atoms with Crippen LogP contribution in [0.25, 0.3) is 0 Å². The predicted molar refractivity (Wildman–Crippen MR) is 84.4 cm³/mol. The number of nitrogens with two attached hydrogens (primary N) is 2. The molecule has 0 radical (unpaired) electrons. The van der Waals surface area contributed by atoms with Crippen LogP contribution in [0, 0.1) is 0 Å². The highest BCUT2D eigenvalue weighted by Gasteiger charge is 2.32. The first-order valence-electron chi connectivity index (χ1n) is 6.66. The zero-order valence-corrected chi connectivity index (χ0v) is 12.0. The molecule has 1 aliphatic heterocycles. The molecule has 1 aliphatic rings. The Balaban J connectivity index is 1.87. The molecule has 1 aromatic carbocycles. The van der Waals surface area contributed by atoms with Gasteiger partial charge in [-0.15, -0.1) is 0 Å². The van der Waals surface area contributed by atoms with Crippen LogP contribution in [-0.4, -0.2) is 37.8 Å². The van der Waals surface area contributed by atoms with Crippen molar-refractivity contribution in [3.63, 3.8) is 0 Å². The first-order valence-corrected chi connectivity index (χ1v) is 6.66. The molecule has 0 saturated carbocycles. The van der Waals surface area contributed by atoms with Crippen molar-refractivity contribution in [3.05, 3.63) is 49.1 Å². The number of anilines is 2. The smallest absolute Gasteiger partial charge is 0.124 e. The summed E-state index contributed by atoms with van der Waals surface area (Å²) in [5.74, 6) is 0.729. The monoisotopic (exact) mass is 272 g/mol. The summed E-state index contributed by atoms with van der Waals surface area (Å²) in [5.41, 5.74) is 7.65. The van der Waals surface area contributed by atoms with Crippen LogP contribution in [0.5, 0.6) is 0 Å². The number of hydrogen-bond donors (Lipinski definition) is 2. The largest absolute Gasteiger partial charge is 0.399 e. The molecule has 0 amide bonds. The van der Waals surface area contributed by atoms with Crippen molar-refractivity contribution in [3.8, 4) is 0 Å². The molecule has 1 atom stereocenters. The second-order valence-corrected chi connectivity index (χ2v) is 4.79. The summed E-state index contributed by atoms with van der Waals surface area (Å²) in [6.45, 7) is 4.93. The Morgan fingerprint density at radius 2 is 2.20 bits per heavy atom. The minimum atomic E-state index is 0.352. The second-order valence-electron chi connectivity index (χ2n) is 4.79. The third-order valence-corrected chi connectivity index (χ3v) is 3.18. The number of aliphatic imine (C=N–C) groups is 1. The van der Waals surface area contributed by atoms with Crippen molar-refractivity contribution in [2.24, 2.45) is 4.99 Å². The SMILES string of the molecule is C=C(N=CC1CN1c1ccc(N)cc1)N(C)C=C[NH2+]C. The molecule has 1 fully saturated rings. The zero-order valence-electron chi connectivity index (χ0n) is 12.0. The van der Waals surface area contributed by atoms with E-state index in [-0.39, 0.29) is 0 Å². The van der Waals surface area contributed by atoms with E-state index in [0.29, 0.717) is 6.04 Å². The molecule has 1 unspecified atom stereocenters. The summed E-state index contributed by atoms with van der Waals surface area (Å²) < 4.78 is 0. The molecule has 0 aromatic heterocycles. The van der Waals surface area contributed by atoms with E-state index in [1.165, 1.54) is 5.69 Å². The average Bonchev–Trinajstić information content (AvgIpc) is 3.22. The summed E-state index contributed by atoms with van der Waals surface area (Å²) in [7, 11) is 3.91. The van der Waals surface area contributed by atoms with Gasteiger partial charge in [0.2, 0.25) is 0 Å². The van der Waals surface area contributed by atoms with Crippen LogP contribution in [0.15, 0.2) is 54.1 Å². The van der Waals surface area contributed by atoms with Crippen LogP contribution in [0.4, 0.5) is 11.4 Å². The molecule has 5 nitrogen and oxygen atoms in total. The molecule has 1 saturated heterocycles. The fraction of sp³-hybridized carbons (Fsp3) is 0.267. The Hall–Kier alpha value is -2.27. The van der Waals surface area contributed by atoms with Crippen molar-refractivity contribution in [2.75, 3.05) is 31.3 Å². The van der Waals surface area contributed by atoms with Gasteiger partial charge in [-0.05, 0) is 24.3 Å². The number of nitrogen functional groups attached to an aromatic ring is 1. The first-order chi connectivity index (χ1) is 9.61. The first kappa shape index (κ1) is 14.1. The van der Waals surface area contributed by atoms with Gasteiger partial charge in [-0.3, -0.25) is 0 Å². The number of quaternary nitrogens is 1. The molecule has 106 valence electrons. The van der Waals surface area contributed by atoms with Gasteiger partial charge in [0.25, 0.3) is 0 Å². The van der Waals surface area contributed by atoms with Gasteiger partial charge in [-0.1, -0.05) is 6.58 Å². The Morgan fingerprint density at radius 1 is 1.50 bits per heavy atom. The van der Waals surface area contributed by atoms with Crippen LogP contribution in [0.1, 0.15) is 0 Å². The van der Waals surface area contributed by atoms with Crippen LogP contribution in [-0.2, 0) is 0 Å². The lowest BCUT2D eigenvalue weighted by molar-refractivity contribution is -0.557. The molecule has 2 rings (SSSR count). The zero-order chi connectivity index (χ0) is 14.5. The maximum absolute atomic E-state index is 5.68. The lowest BCUT2D eigenvalue weighted by Gasteiger charge is -2.11. The third kappa shape index (κ3) is 3.61. The van der Waals surface area contributed by atoms with Crippen molar-refractivity contribution in [1.29, 1.82) is 0 Å². The highest BCUT2D eigenvalue weighted by atomic mass is 15.3. The summed E-state index contributed by atoms with van der Waals surface area (Å²) in [4.78, 5) is 8.56. The lowest BCUT2D eigenvalue weighted by atomic mass is 10.3. The standard InChI is InChI=1S/C15H21N5/c1-12(19(3)9-8-17-2)18-10-15-11-20(15)14-6-4-13(16)5-7-14/h4-10,15,17H,1,11,16H2,2-3H3/p+1. The fourth-order valence-electron chi connectivity index (χ4n) is 1.81. The fourth-order valence-corrected chi connectivity index (χ4v) is 1.81. The average molecular weight is 272 g/mol. The summed E-state index contributed by atoms with van der Waals surface area (Å²) in [6.07, 6.45) is 5.83. The summed E-state index contributed by atoms with van der Waals surface area (Å²) in [5, 5.41) is 1.97. The highest BCUT2D eigenvalue weighted by molar-refractivity contribution is 5.79. The number of rotatable bonds is 6. The molecule has 0 bridgehead atoms. The van der Waals surface area contributed by atoms with Gasteiger partial charge in [0.15, 0.2) is 0 Å². The Bertz CT molecular complexity index is 518. The molecule has 1 aromatic rings. The van der Waals surface area contributed by atoms with Crippen LogP contribution in [0.3, 0.4) is 0 Å². The van der Waals surface area contributed by atoms with Crippen molar-refractivity contribution >= 4 is 17.6 Å².